The van der Waals surface area contributed by atoms with Crippen LogP contribution in [-0.2, 0) is 18.9 Å². The fourth-order valence-electron chi connectivity index (χ4n) is 1.74. The van der Waals surface area contributed by atoms with Gasteiger partial charge in [-0.15, -0.1) is 11.3 Å². The Balaban J connectivity index is 2.51. The number of anilines is 1. The van der Waals surface area contributed by atoms with Crippen molar-refractivity contribution in [3.05, 3.63) is 16.8 Å². The first-order chi connectivity index (χ1) is 8.32. The number of nitrogens with zero attached hydrogens (tertiary/aromatic N) is 3. The molecule has 18 heavy (non-hydrogen) atoms. The van der Waals surface area contributed by atoms with E-state index < -0.39 is 0 Å². The predicted octanol–water partition coefficient (Wildman–Crippen LogP) is 2.99. The Labute approximate surface area is 112 Å². The molecule has 2 heterocycles. The third-order valence-electron chi connectivity index (χ3n) is 2.84. The molecule has 0 aliphatic carbocycles. The van der Waals surface area contributed by atoms with Crippen molar-refractivity contribution in [2.75, 3.05) is 5.73 Å². The van der Waals surface area contributed by atoms with Crippen LogP contribution in [0, 0.1) is 0 Å². The van der Waals surface area contributed by atoms with Crippen LogP contribution in [0.2, 0.25) is 0 Å². The maximum atomic E-state index is 6.07. The number of nitrogens with two attached hydrogens (primary N) is 1. The number of hydrogen-bond donors (Lipinski definition) is 1. The van der Waals surface area contributed by atoms with E-state index in [1.54, 1.807) is 11.3 Å². The highest BCUT2D eigenvalue weighted by Crippen LogP contribution is 2.34. The van der Waals surface area contributed by atoms with Gasteiger partial charge in [0.2, 0.25) is 0 Å². The van der Waals surface area contributed by atoms with Crippen LogP contribution in [0.3, 0.4) is 0 Å². The molecular weight excluding hydrogens is 244 g/mol. The van der Waals surface area contributed by atoms with Crippen LogP contribution in [0.15, 0.2) is 6.07 Å². The lowest BCUT2D eigenvalue weighted by molar-refractivity contribution is 0.538. The Hall–Kier alpha value is -1.36. The van der Waals surface area contributed by atoms with Crippen molar-refractivity contribution in [1.29, 1.82) is 0 Å². The molecule has 0 bridgehead atoms. The fraction of sp³-hybridized carbons (Fsp3) is 0.538. The summed E-state index contributed by atoms with van der Waals surface area (Å²) < 4.78 is 1.82. The normalized spacial score (nSPS) is 12.1. The third-order valence-corrected chi connectivity index (χ3v) is 3.94. The summed E-state index contributed by atoms with van der Waals surface area (Å²) >= 11 is 1.63. The lowest BCUT2D eigenvalue weighted by Gasteiger charge is -2.11. The van der Waals surface area contributed by atoms with Crippen molar-refractivity contribution in [3.8, 4) is 11.4 Å². The van der Waals surface area contributed by atoms with E-state index in [1.807, 2.05) is 11.7 Å². The van der Waals surface area contributed by atoms with E-state index in [4.69, 9.17) is 5.73 Å². The molecule has 0 saturated carbocycles. The first-order valence-electron chi connectivity index (χ1n) is 6.13. The molecule has 2 rings (SSSR count). The van der Waals surface area contributed by atoms with E-state index in [0.717, 1.165) is 28.6 Å². The van der Waals surface area contributed by atoms with Gasteiger partial charge in [-0.25, -0.2) is 9.67 Å². The molecule has 0 aliphatic heterocycles. The minimum atomic E-state index is -0.0472. The maximum absolute atomic E-state index is 6.07. The summed E-state index contributed by atoms with van der Waals surface area (Å²) in [4.78, 5) is 5.92. The molecule has 5 heteroatoms. The maximum Gasteiger partial charge on any atom is 0.161 e. The van der Waals surface area contributed by atoms with Gasteiger partial charge in [0.05, 0.1) is 10.6 Å². The molecule has 0 fully saturated rings. The van der Waals surface area contributed by atoms with E-state index >= 15 is 0 Å². The zero-order chi connectivity index (χ0) is 13.5. The molecule has 0 aliphatic rings. The van der Waals surface area contributed by atoms with Crippen molar-refractivity contribution in [2.24, 2.45) is 7.05 Å². The number of rotatable bonds is 2. The van der Waals surface area contributed by atoms with E-state index in [0.29, 0.717) is 0 Å². The second kappa shape index (κ2) is 4.39. The molecule has 2 aromatic heterocycles. The number of nitrogen functional groups attached to an aromatic ring is 1. The zero-order valence-corrected chi connectivity index (χ0v) is 12.4. The first-order valence-corrected chi connectivity index (χ1v) is 6.94. The summed E-state index contributed by atoms with van der Waals surface area (Å²) in [6, 6.07) is 2.12. The van der Waals surface area contributed by atoms with Gasteiger partial charge in [-0.2, -0.15) is 5.10 Å². The van der Waals surface area contributed by atoms with Crippen LogP contribution in [0.5, 0.6) is 0 Å². The minimum absolute atomic E-state index is 0.0472. The zero-order valence-electron chi connectivity index (χ0n) is 11.6. The summed E-state index contributed by atoms with van der Waals surface area (Å²) in [5.74, 6) is 1.71. The molecule has 0 unspecified atom stereocenters. The Morgan fingerprint density at radius 2 is 2.06 bits per heavy atom. The van der Waals surface area contributed by atoms with E-state index in [9.17, 15) is 0 Å². The quantitative estimate of drug-likeness (QED) is 0.907. The molecular formula is C13H20N4S. The standard InChI is InChI=1S/C13H20N4S/c1-6-8-7-9(10(14)18-8)11-15-12(13(2,3)4)16-17(11)5/h7H,6,14H2,1-5H3. The van der Waals surface area contributed by atoms with Crippen molar-refractivity contribution in [2.45, 2.75) is 39.5 Å². The molecule has 0 spiro atoms. The summed E-state index contributed by atoms with van der Waals surface area (Å²) in [7, 11) is 1.92. The summed E-state index contributed by atoms with van der Waals surface area (Å²) in [6.07, 6.45) is 0.999. The van der Waals surface area contributed by atoms with Gasteiger partial charge in [0.15, 0.2) is 11.6 Å². The molecule has 0 radical (unpaired) electrons. The highest BCUT2D eigenvalue weighted by molar-refractivity contribution is 7.16. The monoisotopic (exact) mass is 264 g/mol. The SMILES string of the molecule is CCc1cc(-c2nc(C(C)(C)C)nn2C)c(N)s1. The van der Waals surface area contributed by atoms with E-state index in [1.165, 1.54) is 4.88 Å². The second-order valence-corrected chi connectivity index (χ2v) is 6.65. The van der Waals surface area contributed by atoms with Crippen molar-refractivity contribution in [1.82, 2.24) is 14.8 Å². The average Bonchev–Trinajstić information content (AvgIpc) is 2.81. The molecule has 98 valence electrons. The molecule has 2 N–H and O–H groups in total. The van der Waals surface area contributed by atoms with Gasteiger partial charge in [0.1, 0.15) is 0 Å². The third kappa shape index (κ3) is 2.27. The van der Waals surface area contributed by atoms with Crippen LogP contribution >= 0.6 is 11.3 Å². The highest BCUT2D eigenvalue weighted by Gasteiger charge is 2.22. The van der Waals surface area contributed by atoms with E-state index in [-0.39, 0.29) is 5.41 Å². The predicted molar refractivity (Wildman–Crippen MR) is 76.8 cm³/mol. The molecule has 0 aromatic carbocycles. The topological polar surface area (TPSA) is 56.7 Å². The number of thiophene rings is 1. The van der Waals surface area contributed by atoms with Gasteiger partial charge in [-0.3, -0.25) is 0 Å². The summed E-state index contributed by atoms with van der Waals surface area (Å²) in [5.41, 5.74) is 7.03. The molecule has 0 saturated heterocycles. The van der Waals surface area contributed by atoms with Gasteiger partial charge < -0.3 is 5.73 Å². The first kappa shape index (κ1) is 13.1. The number of aromatic nitrogens is 3. The lowest BCUT2D eigenvalue weighted by Crippen LogP contribution is -2.13. The van der Waals surface area contributed by atoms with Crippen LogP contribution in [0.25, 0.3) is 11.4 Å². The smallest absolute Gasteiger partial charge is 0.161 e. The molecule has 4 nitrogen and oxygen atoms in total. The fourth-order valence-corrected chi connectivity index (χ4v) is 2.61. The van der Waals surface area contributed by atoms with Gasteiger partial charge in [0.25, 0.3) is 0 Å². The van der Waals surface area contributed by atoms with E-state index in [2.05, 4.69) is 43.8 Å². The van der Waals surface area contributed by atoms with Crippen LogP contribution in [0.1, 0.15) is 38.4 Å². The van der Waals surface area contributed by atoms with Crippen molar-refractivity contribution >= 4 is 16.3 Å². The van der Waals surface area contributed by atoms with Crippen LogP contribution in [0.4, 0.5) is 5.00 Å². The number of aryl methyl sites for hydroxylation is 2. The minimum Gasteiger partial charge on any atom is -0.390 e. The Morgan fingerprint density at radius 3 is 2.50 bits per heavy atom. The summed E-state index contributed by atoms with van der Waals surface area (Å²) in [5, 5.41) is 5.31. The van der Waals surface area contributed by atoms with Crippen molar-refractivity contribution in [3.63, 3.8) is 0 Å². The van der Waals surface area contributed by atoms with Gasteiger partial charge in [-0.05, 0) is 12.5 Å². The number of hydrogen-bond acceptors (Lipinski definition) is 4. The van der Waals surface area contributed by atoms with Crippen LogP contribution < -0.4 is 5.73 Å². The summed E-state index contributed by atoms with van der Waals surface area (Å²) in [6.45, 7) is 8.47. The average molecular weight is 264 g/mol. The largest absolute Gasteiger partial charge is 0.390 e. The van der Waals surface area contributed by atoms with Crippen LogP contribution in [-0.4, -0.2) is 14.8 Å². The Bertz CT molecular complexity index is 560. The van der Waals surface area contributed by atoms with Crippen molar-refractivity contribution < 1.29 is 0 Å². The lowest BCUT2D eigenvalue weighted by atomic mass is 9.96. The Morgan fingerprint density at radius 1 is 1.39 bits per heavy atom. The molecule has 0 atom stereocenters. The van der Waals surface area contributed by atoms with Gasteiger partial charge in [-0.1, -0.05) is 27.7 Å². The molecule has 2 aromatic rings. The van der Waals surface area contributed by atoms with Gasteiger partial charge in [0, 0.05) is 17.3 Å². The highest BCUT2D eigenvalue weighted by atomic mass is 32.1. The second-order valence-electron chi connectivity index (χ2n) is 5.48. The van der Waals surface area contributed by atoms with Gasteiger partial charge >= 0.3 is 0 Å². The molecule has 0 amide bonds. The Kier molecular flexibility index (Phi) is 3.19.